The number of rotatable bonds is 5. The molecule has 0 amide bonds. The molecule has 1 atom stereocenters. The summed E-state index contributed by atoms with van der Waals surface area (Å²) in [5.41, 5.74) is 2.12. The van der Waals surface area contributed by atoms with E-state index in [0.29, 0.717) is 5.56 Å². The molecule has 0 aliphatic rings. The number of hydrogen-bond donors (Lipinski definition) is 1. The zero-order valence-corrected chi connectivity index (χ0v) is 12.0. The molecule has 23 heavy (non-hydrogen) atoms. The molecule has 0 fully saturated rings. The van der Waals surface area contributed by atoms with Gasteiger partial charge >= 0.3 is 0 Å². The lowest BCUT2D eigenvalue weighted by Crippen LogP contribution is -2.14. The van der Waals surface area contributed by atoms with E-state index in [2.05, 4.69) is 4.98 Å². The van der Waals surface area contributed by atoms with Crippen molar-refractivity contribution in [1.82, 2.24) is 4.98 Å². The smallest absolute Gasteiger partial charge is 0.269 e. The summed E-state index contributed by atoms with van der Waals surface area (Å²) in [6.07, 6.45) is 1.73. The van der Waals surface area contributed by atoms with Crippen LogP contribution < -0.4 is 0 Å². The van der Waals surface area contributed by atoms with E-state index in [4.69, 9.17) is 0 Å². The largest absolute Gasteiger partial charge is 0.361 e. The van der Waals surface area contributed by atoms with Gasteiger partial charge in [0.15, 0.2) is 0 Å². The summed E-state index contributed by atoms with van der Waals surface area (Å²) in [4.78, 5) is 24.3. The average molecular weight is 311 g/mol. The first-order valence-corrected chi connectivity index (χ1v) is 6.98. The molecule has 0 aliphatic heterocycles. The lowest BCUT2D eigenvalue weighted by atomic mass is 9.91. The molecule has 3 rings (SSSR count). The zero-order valence-electron chi connectivity index (χ0n) is 12.0. The number of aromatic amines is 1. The van der Waals surface area contributed by atoms with Crippen LogP contribution in [0.15, 0.2) is 54.7 Å². The Bertz CT molecular complexity index is 888. The summed E-state index contributed by atoms with van der Waals surface area (Å²) in [5, 5.41) is 22.9. The maximum atomic E-state index is 11.1. The van der Waals surface area contributed by atoms with E-state index in [1.807, 2.05) is 24.3 Å². The lowest BCUT2D eigenvalue weighted by molar-refractivity contribution is -0.481. The Kier molecular flexibility index (Phi) is 3.76. The van der Waals surface area contributed by atoms with Crippen LogP contribution in [0.4, 0.5) is 5.69 Å². The number of hydrogen-bond acceptors (Lipinski definition) is 4. The van der Waals surface area contributed by atoms with Gasteiger partial charge in [-0.2, -0.15) is 0 Å². The molecule has 1 heterocycles. The van der Waals surface area contributed by atoms with Gasteiger partial charge in [0.05, 0.1) is 10.8 Å². The molecule has 0 radical (unpaired) electrons. The maximum Gasteiger partial charge on any atom is 0.269 e. The predicted octanol–water partition coefficient (Wildman–Crippen LogP) is 3.48. The van der Waals surface area contributed by atoms with E-state index in [0.717, 1.165) is 16.5 Å². The topological polar surface area (TPSA) is 102 Å². The minimum atomic E-state index is -0.555. The number of benzene rings is 2. The fourth-order valence-corrected chi connectivity index (χ4v) is 2.77. The number of nitro benzene ring substituents is 1. The Hall–Kier alpha value is -3.22. The Balaban J connectivity index is 2.13. The van der Waals surface area contributed by atoms with Gasteiger partial charge in [-0.15, -0.1) is 0 Å². The molecule has 3 aromatic rings. The number of H-pyrrole nitrogens is 1. The highest BCUT2D eigenvalue weighted by molar-refractivity contribution is 5.84. The third kappa shape index (κ3) is 2.89. The first kappa shape index (κ1) is 14.7. The molecule has 0 unspecified atom stereocenters. The van der Waals surface area contributed by atoms with Gasteiger partial charge in [-0.1, -0.05) is 30.3 Å². The number of non-ortho nitro benzene ring substituents is 1. The number of para-hydroxylation sites is 1. The van der Waals surface area contributed by atoms with Gasteiger partial charge in [0, 0.05) is 34.2 Å². The van der Waals surface area contributed by atoms with Gasteiger partial charge in [-0.25, -0.2) is 0 Å². The van der Waals surface area contributed by atoms with Crippen molar-refractivity contribution in [1.29, 1.82) is 0 Å². The van der Waals surface area contributed by atoms with Crippen molar-refractivity contribution in [2.45, 2.75) is 5.92 Å². The van der Waals surface area contributed by atoms with Crippen LogP contribution >= 0.6 is 0 Å². The summed E-state index contributed by atoms with van der Waals surface area (Å²) in [7, 11) is 0. The molecule has 0 saturated heterocycles. The summed E-state index contributed by atoms with van der Waals surface area (Å²) in [6, 6.07) is 13.5. The predicted molar refractivity (Wildman–Crippen MR) is 85.1 cm³/mol. The summed E-state index contributed by atoms with van der Waals surface area (Å²) < 4.78 is 0. The van der Waals surface area contributed by atoms with Gasteiger partial charge in [-0.3, -0.25) is 20.2 Å². The van der Waals surface area contributed by atoms with Crippen molar-refractivity contribution in [3.8, 4) is 0 Å². The highest BCUT2D eigenvalue weighted by Gasteiger charge is 2.24. The van der Waals surface area contributed by atoms with E-state index in [9.17, 15) is 20.2 Å². The van der Waals surface area contributed by atoms with Crippen LogP contribution in [-0.4, -0.2) is 21.4 Å². The van der Waals surface area contributed by atoms with Crippen molar-refractivity contribution in [2.75, 3.05) is 6.54 Å². The van der Waals surface area contributed by atoms with Crippen LogP contribution in [0.2, 0.25) is 0 Å². The SMILES string of the molecule is O=[N+]([O-])C[C@@H](c1cccc([N+](=O)[O-])c1)c1c[nH]c2ccccc12. The molecular weight excluding hydrogens is 298 g/mol. The van der Waals surface area contributed by atoms with E-state index in [-0.39, 0.29) is 12.2 Å². The van der Waals surface area contributed by atoms with Crippen molar-refractivity contribution in [3.63, 3.8) is 0 Å². The van der Waals surface area contributed by atoms with Crippen molar-refractivity contribution in [2.24, 2.45) is 0 Å². The second-order valence-electron chi connectivity index (χ2n) is 5.21. The zero-order chi connectivity index (χ0) is 16.4. The number of nitrogens with zero attached hydrogens (tertiary/aromatic N) is 2. The fourth-order valence-electron chi connectivity index (χ4n) is 2.77. The highest BCUT2D eigenvalue weighted by Crippen LogP contribution is 2.32. The van der Waals surface area contributed by atoms with Crippen LogP contribution in [0.5, 0.6) is 0 Å². The monoisotopic (exact) mass is 311 g/mol. The van der Waals surface area contributed by atoms with E-state index >= 15 is 0 Å². The molecule has 1 N–H and O–H groups in total. The normalized spacial score (nSPS) is 12.2. The molecule has 2 aromatic carbocycles. The molecule has 1 aromatic heterocycles. The molecule has 7 heteroatoms. The number of nitrogens with one attached hydrogen (secondary N) is 1. The molecule has 0 spiro atoms. The molecule has 0 saturated carbocycles. The third-order valence-corrected chi connectivity index (χ3v) is 3.81. The summed E-state index contributed by atoms with van der Waals surface area (Å²) in [5.74, 6) is -0.555. The van der Waals surface area contributed by atoms with E-state index in [1.165, 1.54) is 12.1 Å². The van der Waals surface area contributed by atoms with Crippen molar-refractivity contribution >= 4 is 16.6 Å². The van der Waals surface area contributed by atoms with Gasteiger partial charge in [0.2, 0.25) is 6.54 Å². The Morgan fingerprint density at radius 2 is 1.83 bits per heavy atom. The van der Waals surface area contributed by atoms with E-state index < -0.39 is 15.8 Å². The quantitative estimate of drug-likeness (QED) is 0.575. The number of aromatic nitrogens is 1. The van der Waals surface area contributed by atoms with Crippen molar-refractivity contribution < 1.29 is 9.85 Å². The standard InChI is InChI=1S/C16H13N3O4/c20-18(21)10-15(11-4-3-5-12(8-11)19(22)23)14-9-17-16-7-2-1-6-13(14)16/h1-9,15,17H,10H2/t15-/m0/s1. The molecular formula is C16H13N3O4. The third-order valence-electron chi connectivity index (χ3n) is 3.81. The second kappa shape index (κ2) is 5.88. The number of fused-ring (bicyclic) bond motifs is 1. The molecule has 116 valence electrons. The molecule has 0 bridgehead atoms. The lowest BCUT2D eigenvalue weighted by Gasteiger charge is -2.12. The number of nitro groups is 2. The molecule has 7 nitrogen and oxygen atoms in total. The summed E-state index contributed by atoms with van der Waals surface area (Å²) >= 11 is 0. The maximum absolute atomic E-state index is 11.1. The van der Waals surface area contributed by atoms with Gasteiger partial charge in [-0.05, 0) is 17.2 Å². The van der Waals surface area contributed by atoms with Crippen molar-refractivity contribution in [3.05, 3.63) is 86.1 Å². The van der Waals surface area contributed by atoms with Crippen LogP contribution in [0.1, 0.15) is 17.0 Å². The fraction of sp³-hybridized carbons (Fsp3) is 0.125. The van der Waals surface area contributed by atoms with Crippen LogP contribution in [-0.2, 0) is 0 Å². The Morgan fingerprint density at radius 3 is 2.57 bits per heavy atom. The van der Waals surface area contributed by atoms with Gasteiger partial charge in [0.1, 0.15) is 0 Å². The highest BCUT2D eigenvalue weighted by atomic mass is 16.6. The average Bonchev–Trinajstić information content (AvgIpc) is 2.96. The van der Waals surface area contributed by atoms with Crippen LogP contribution in [0, 0.1) is 20.2 Å². The molecule has 0 aliphatic carbocycles. The first-order chi connectivity index (χ1) is 11.1. The van der Waals surface area contributed by atoms with Gasteiger partial charge in [0.25, 0.3) is 5.69 Å². The Labute approximate surface area is 130 Å². The van der Waals surface area contributed by atoms with Crippen LogP contribution in [0.3, 0.4) is 0 Å². The second-order valence-corrected chi connectivity index (χ2v) is 5.21. The first-order valence-electron chi connectivity index (χ1n) is 6.98. The summed E-state index contributed by atoms with van der Waals surface area (Å²) in [6.45, 7) is -0.330. The minimum Gasteiger partial charge on any atom is -0.361 e. The van der Waals surface area contributed by atoms with Gasteiger partial charge < -0.3 is 4.98 Å². The minimum absolute atomic E-state index is 0.0734. The van der Waals surface area contributed by atoms with Crippen LogP contribution in [0.25, 0.3) is 10.9 Å². The van der Waals surface area contributed by atoms with E-state index in [1.54, 1.807) is 18.3 Å². The Morgan fingerprint density at radius 1 is 1.04 bits per heavy atom.